The number of hydrogen-bond donors (Lipinski definition) is 0. The van der Waals surface area contributed by atoms with Crippen LogP contribution in [0.3, 0.4) is 0 Å². The lowest BCUT2D eigenvalue weighted by Crippen LogP contribution is -1.97. The van der Waals surface area contributed by atoms with E-state index in [4.69, 9.17) is 16.3 Å². The topological polar surface area (TPSA) is 35.0 Å². The molecule has 0 aliphatic carbocycles. The number of halogens is 2. The molecule has 3 aromatic rings. The van der Waals surface area contributed by atoms with Crippen LogP contribution in [0.2, 0.25) is 5.15 Å². The van der Waals surface area contributed by atoms with Crippen molar-refractivity contribution in [2.45, 2.75) is 13.8 Å². The second-order valence-electron chi connectivity index (χ2n) is 4.80. The minimum Gasteiger partial charge on any atom is -0.437 e. The van der Waals surface area contributed by atoms with Crippen molar-refractivity contribution in [3.8, 4) is 11.6 Å². The zero-order valence-corrected chi connectivity index (χ0v) is 13.9. The van der Waals surface area contributed by atoms with E-state index in [9.17, 15) is 0 Å². The highest BCUT2D eigenvalue weighted by molar-refractivity contribution is 9.10. The number of rotatable bonds is 2. The summed E-state index contributed by atoms with van der Waals surface area (Å²) in [7, 11) is 0. The van der Waals surface area contributed by atoms with Crippen LogP contribution < -0.4 is 4.74 Å². The monoisotopic (exact) mass is 362 g/mol. The molecule has 0 bridgehead atoms. The van der Waals surface area contributed by atoms with Gasteiger partial charge in [0.05, 0.1) is 0 Å². The number of nitrogens with zero attached hydrogens (tertiary/aromatic N) is 2. The zero-order chi connectivity index (χ0) is 15.0. The molecule has 0 aliphatic heterocycles. The first kappa shape index (κ1) is 14.3. The maximum Gasteiger partial charge on any atom is 0.242 e. The van der Waals surface area contributed by atoms with Gasteiger partial charge in [0.25, 0.3) is 0 Å². The quantitative estimate of drug-likeness (QED) is 0.607. The van der Waals surface area contributed by atoms with Gasteiger partial charge in [-0.2, -0.15) is 0 Å². The Balaban J connectivity index is 1.98. The Bertz CT molecular complexity index is 836. The Hall–Kier alpha value is -1.65. The Morgan fingerprint density at radius 3 is 2.48 bits per heavy atom. The van der Waals surface area contributed by atoms with Gasteiger partial charge < -0.3 is 4.74 Å². The van der Waals surface area contributed by atoms with E-state index in [2.05, 4.69) is 32.2 Å². The summed E-state index contributed by atoms with van der Waals surface area (Å²) in [5.41, 5.74) is 1.78. The fourth-order valence-corrected chi connectivity index (χ4v) is 2.58. The van der Waals surface area contributed by atoms with E-state index in [1.807, 2.05) is 44.2 Å². The minimum absolute atomic E-state index is 0.406. The average Bonchev–Trinajstić information content (AvgIpc) is 2.48. The van der Waals surface area contributed by atoms with Gasteiger partial charge in [0, 0.05) is 10.0 Å². The molecule has 1 aromatic heterocycles. The Morgan fingerprint density at radius 1 is 0.952 bits per heavy atom. The van der Waals surface area contributed by atoms with Crippen molar-refractivity contribution in [2.24, 2.45) is 0 Å². The summed E-state index contributed by atoms with van der Waals surface area (Å²) >= 11 is 9.42. The minimum atomic E-state index is 0.406. The molecular formula is C16H12BrClN2O. The molecule has 0 aliphatic rings. The Kier molecular flexibility index (Phi) is 3.83. The van der Waals surface area contributed by atoms with Gasteiger partial charge in [0.2, 0.25) is 5.88 Å². The molecule has 0 fully saturated rings. The fourth-order valence-electron chi connectivity index (χ4n) is 2.02. The molecular weight excluding hydrogens is 352 g/mol. The highest BCUT2D eigenvalue weighted by Crippen LogP contribution is 2.29. The van der Waals surface area contributed by atoms with Crippen molar-refractivity contribution in [1.82, 2.24) is 10.2 Å². The number of benzene rings is 2. The van der Waals surface area contributed by atoms with Crippen molar-refractivity contribution in [1.29, 1.82) is 0 Å². The van der Waals surface area contributed by atoms with Crippen LogP contribution in [0.25, 0.3) is 10.8 Å². The molecule has 5 heteroatoms. The highest BCUT2D eigenvalue weighted by Gasteiger charge is 2.10. The molecule has 21 heavy (non-hydrogen) atoms. The second kappa shape index (κ2) is 5.62. The molecule has 0 saturated carbocycles. The van der Waals surface area contributed by atoms with Crippen LogP contribution in [-0.2, 0) is 0 Å². The first-order chi connectivity index (χ1) is 10.0. The first-order valence-corrected chi connectivity index (χ1v) is 7.58. The van der Waals surface area contributed by atoms with Crippen molar-refractivity contribution < 1.29 is 4.74 Å². The van der Waals surface area contributed by atoms with Gasteiger partial charge in [-0.1, -0.05) is 39.7 Å². The SMILES string of the molecule is Cc1c(Cl)nnc(Oc2ccc3cc(Br)ccc3c2)c1C. The summed E-state index contributed by atoms with van der Waals surface area (Å²) in [5, 5.41) is 10.6. The van der Waals surface area contributed by atoms with Gasteiger partial charge in [-0.05, 0) is 54.4 Å². The summed E-state index contributed by atoms with van der Waals surface area (Å²) in [6.45, 7) is 3.82. The Morgan fingerprint density at radius 2 is 1.67 bits per heavy atom. The fraction of sp³-hybridized carbons (Fsp3) is 0.125. The number of ether oxygens (including phenoxy) is 1. The van der Waals surface area contributed by atoms with Crippen LogP contribution in [0.4, 0.5) is 0 Å². The van der Waals surface area contributed by atoms with Crippen LogP contribution in [0, 0.1) is 13.8 Å². The molecule has 3 nitrogen and oxygen atoms in total. The first-order valence-electron chi connectivity index (χ1n) is 6.41. The molecule has 0 atom stereocenters. The van der Waals surface area contributed by atoms with Crippen molar-refractivity contribution in [2.75, 3.05) is 0 Å². The number of hydrogen-bond acceptors (Lipinski definition) is 3. The number of aromatic nitrogens is 2. The summed E-state index contributed by atoms with van der Waals surface area (Å²) in [6.07, 6.45) is 0. The third-order valence-electron chi connectivity index (χ3n) is 3.41. The van der Waals surface area contributed by atoms with E-state index in [0.717, 1.165) is 32.1 Å². The lowest BCUT2D eigenvalue weighted by Gasteiger charge is -2.10. The van der Waals surface area contributed by atoms with Crippen molar-refractivity contribution in [3.63, 3.8) is 0 Å². The normalized spacial score (nSPS) is 10.9. The molecule has 2 aromatic carbocycles. The van der Waals surface area contributed by atoms with E-state index < -0.39 is 0 Å². The zero-order valence-electron chi connectivity index (χ0n) is 11.5. The van der Waals surface area contributed by atoms with E-state index in [1.54, 1.807) is 0 Å². The molecule has 0 unspecified atom stereocenters. The summed E-state index contributed by atoms with van der Waals surface area (Å²) in [5.74, 6) is 1.21. The van der Waals surface area contributed by atoms with E-state index in [0.29, 0.717) is 11.0 Å². The molecule has 0 N–H and O–H groups in total. The lowest BCUT2D eigenvalue weighted by atomic mass is 10.1. The molecule has 0 spiro atoms. The van der Waals surface area contributed by atoms with Gasteiger partial charge in [-0.15, -0.1) is 10.2 Å². The second-order valence-corrected chi connectivity index (χ2v) is 6.07. The van der Waals surface area contributed by atoms with Gasteiger partial charge in [-0.25, -0.2) is 0 Å². The maximum atomic E-state index is 5.95. The largest absolute Gasteiger partial charge is 0.437 e. The van der Waals surface area contributed by atoms with E-state index in [1.165, 1.54) is 0 Å². The molecule has 1 heterocycles. The van der Waals surface area contributed by atoms with Gasteiger partial charge in [0.1, 0.15) is 5.75 Å². The smallest absolute Gasteiger partial charge is 0.242 e. The van der Waals surface area contributed by atoms with Crippen LogP contribution in [-0.4, -0.2) is 10.2 Å². The molecule has 0 radical (unpaired) electrons. The predicted octanol–water partition coefficient (Wildman–Crippen LogP) is 5.45. The summed E-state index contributed by atoms with van der Waals surface area (Å²) in [6, 6.07) is 12.0. The van der Waals surface area contributed by atoms with E-state index in [-0.39, 0.29) is 0 Å². The van der Waals surface area contributed by atoms with Gasteiger partial charge >= 0.3 is 0 Å². The van der Waals surface area contributed by atoms with Crippen LogP contribution in [0.5, 0.6) is 11.6 Å². The van der Waals surface area contributed by atoms with Gasteiger partial charge in [0.15, 0.2) is 5.15 Å². The predicted molar refractivity (Wildman–Crippen MR) is 88.2 cm³/mol. The molecule has 3 rings (SSSR count). The third-order valence-corrected chi connectivity index (χ3v) is 4.26. The van der Waals surface area contributed by atoms with Crippen molar-refractivity contribution >= 4 is 38.3 Å². The highest BCUT2D eigenvalue weighted by atomic mass is 79.9. The number of fused-ring (bicyclic) bond motifs is 1. The van der Waals surface area contributed by atoms with E-state index >= 15 is 0 Å². The van der Waals surface area contributed by atoms with Crippen LogP contribution in [0.1, 0.15) is 11.1 Å². The summed E-state index contributed by atoms with van der Waals surface area (Å²) in [4.78, 5) is 0. The Labute approximate surface area is 136 Å². The molecule has 0 saturated heterocycles. The summed E-state index contributed by atoms with van der Waals surface area (Å²) < 4.78 is 6.89. The lowest BCUT2D eigenvalue weighted by molar-refractivity contribution is 0.451. The molecule has 0 amide bonds. The average molecular weight is 364 g/mol. The molecule has 106 valence electrons. The van der Waals surface area contributed by atoms with Crippen LogP contribution >= 0.6 is 27.5 Å². The van der Waals surface area contributed by atoms with Crippen LogP contribution in [0.15, 0.2) is 40.9 Å². The van der Waals surface area contributed by atoms with Crippen molar-refractivity contribution in [3.05, 3.63) is 57.2 Å². The standard InChI is InChI=1S/C16H12BrClN2O/c1-9-10(2)16(20-19-15(9)18)21-14-6-4-11-7-13(17)5-3-12(11)8-14/h3-8H,1-2H3. The van der Waals surface area contributed by atoms with Gasteiger partial charge in [-0.3, -0.25) is 0 Å². The third kappa shape index (κ3) is 2.87. The maximum absolute atomic E-state index is 5.95.